The summed E-state index contributed by atoms with van der Waals surface area (Å²) in [5, 5.41) is 12.0. The average molecular weight is 321 g/mol. The lowest BCUT2D eigenvalue weighted by Gasteiger charge is -2.50. The first kappa shape index (κ1) is 15.7. The number of hydrogen-bond acceptors (Lipinski definition) is 1. The Morgan fingerprint density at radius 3 is 2.42 bits per heavy atom. The van der Waals surface area contributed by atoms with Crippen LogP contribution in [0.25, 0.3) is 6.08 Å². The zero-order valence-electron chi connectivity index (χ0n) is 14.3. The third-order valence-corrected chi connectivity index (χ3v) is 6.32. The van der Waals surface area contributed by atoms with E-state index < -0.39 is 5.60 Å². The largest absolute Gasteiger partial charge is 0.385 e. The van der Waals surface area contributed by atoms with Crippen LogP contribution in [0.3, 0.4) is 0 Å². The van der Waals surface area contributed by atoms with Crippen molar-refractivity contribution in [2.24, 2.45) is 5.41 Å². The Kier molecular flexibility index (Phi) is 4.09. The number of benzene rings is 1. The molecule has 1 aromatic carbocycles. The summed E-state index contributed by atoms with van der Waals surface area (Å²) in [4.78, 5) is 3.31. The molecule has 0 radical (unpaired) electrons. The molecule has 2 saturated carbocycles. The van der Waals surface area contributed by atoms with Gasteiger partial charge in [0.05, 0.1) is 5.60 Å². The second-order valence-corrected chi connectivity index (χ2v) is 7.65. The number of aliphatic hydroxyl groups is 1. The first-order valence-corrected chi connectivity index (χ1v) is 9.33. The molecule has 2 nitrogen and oxygen atoms in total. The Morgan fingerprint density at radius 2 is 1.71 bits per heavy atom. The maximum absolute atomic E-state index is 12.0. The minimum Gasteiger partial charge on any atom is -0.385 e. The lowest BCUT2D eigenvalue weighted by molar-refractivity contribution is -0.0726. The lowest BCUT2D eigenvalue weighted by Crippen LogP contribution is -2.52. The van der Waals surface area contributed by atoms with Gasteiger partial charge in [-0.2, -0.15) is 0 Å². The summed E-state index contributed by atoms with van der Waals surface area (Å²) >= 11 is 0. The molecule has 126 valence electrons. The molecule has 2 aliphatic carbocycles. The van der Waals surface area contributed by atoms with Crippen molar-refractivity contribution >= 4 is 6.08 Å². The SMILES string of the molecule is OC1(Cc2ccc[nH]2)C(=Cc2ccccc2)CCCC12CCCC2. The molecule has 24 heavy (non-hydrogen) atoms. The number of nitrogens with one attached hydrogen (secondary N) is 1. The fraction of sp³-hybridized carbons (Fsp3) is 0.455. The van der Waals surface area contributed by atoms with Crippen LogP contribution < -0.4 is 0 Å². The highest BCUT2D eigenvalue weighted by Crippen LogP contribution is 2.57. The van der Waals surface area contributed by atoms with E-state index in [9.17, 15) is 5.11 Å². The molecule has 0 bridgehead atoms. The summed E-state index contributed by atoms with van der Waals surface area (Å²) in [6, 6.07) is 14.6. The van der Waals surface area contributed by atoms with E-state index in [1.165, 1.54) is 30.4 Å². The standard InChI is InChI=1S/C22H27NO/c24-22(17-20-11-7-15-23-20)19(16-18-8-2-1-3-9-18)10-6-14-21(22)12-4-5-13-21/h1-3,7-9,11,15-16,23-24H,4-6,10,12-14,17H2. The first-order chi connectivity index (χ1) is 11.7. The van der Waals surface area contributed by atoms with Crippen LogP contribution in [0.15, 0.2) is 54.2 Å². The Balaban J connectivity index is 1.77. The zero-order valence-corrected chi connectivity index (χ0v) is 14.3. The fourth-order valence-electron chi connectivity index (χ4n) is 5.08. The summed E-state index contributed by atoms with van der Waals surface area (Å²) in [5.74, 6) is 0. The molecule has 1 spiro atoms. The third kappa shape index (κ3) is 2.63. The van der Waals surface area contributed by atoms with E-state index in [-0.39, 0.29) is 5.41 Å². The van der Waals surface area contributed by atoms with Crippen LogP contribution in [0.1, 0.15) is 56.2 Å². The van der Waals surface area contributed by atoms with E-state index in [4.69, 9.17) is 0 Å². The summed E-state index contributed by atoms with van der Waals surface area (Å²) < 4.78 is 0. The predicted octanol–water partition coefficient (Wildman–Crippen LogP) is 5.12. The lowest BCUT2D eigenvalue weighted by atomic mass is 9.58. The Bertz CT molecular complexity index is 695. The summed E-state index contributed by atoms with van der Waals surface area (Å²) in [6.07, 6.45) is 13.1. The van der Waals surface area contributed by atoms with Crippen LogP contribution in [0, 0.1) is 5.41 Å². The second kappa shape index (κ2) is 6.25. The van der Waals surface area contributed by atoms with Crippen LogP contribution in [0.4, 0.5) is 0 Å². The van der Waals surface area contributed by atoms with Crippen LogP contribution in [-0.4, -0.2) is 15.7 Å². The Labute approximate surface area is 144 Å². The average Bonchev–Trinajstić information content (AvgIpc) is 3.26. The zero-order chi connectivity index (χ0) is 16.5. The fourth-order valence-corrected chi connectivity index (χ4v) is 5.08. The predicted molar refractivity (Wildman–Crippen MR) is 98.6 cm³/mol. The van der Waals surface area contributed by atoms with Crippen LogP contribution >= 0.6 is 0 Å². The highest BCUT2D eigenvalue weighted by atomic mass is 16.3. The van der Waals surface area contributed by atoms with Crippen molar-refractivity contribution in [3.63, 3.8) is 0 Å². The molecule has 2 fully saturated rings. The molecule has 1 unspecified atom stereocenters. The molecule has 1 atom stereocenters. The van der Waals surface area contributed by atoms with Crippen LogP contribution in [0.5, 0.6) is 0 Å². The van der Waals surface area contributed by atoms with Crippen molar-refractivity contribution in [2.75, 3.05) is 0 Å². The topological polar surface area (TPSA) is 36.0 Å². The normalized spacial score (nSPS) is 27.8. The second-order valence-electron chi connectivity index (χ2n) is 7.65. The molecular formula is C22H27NO. The molecule has 2 heteroatoms. The van der Waals surface area contributed by atoms with Crippen molar-refractivity contribution in [1.82, 2.24) is 4.98 Å². The van der Waals surface area contributed by atoms with Gasteiger partial charge in [-0.1, -0.05) is 49.2 Å². The molecule has 1 heterocycles. The van der Waals surface area contributed by atoms with Crippen LogP contribution in [0.2, 0.25) is 0 Å². The van der Waals surface area contributed by atoms with Crippen molar-refractivity contribution in [3.8, 4) is 0 Å². The van der Waals surface area contributed by atoms with Gasteiger partial charge >= 0.3 is 0 Å². The van der Waals surface area contributed by atoms with Gasteiger partial charge in [-0.3, -0.25) is 0 Å². The first-order valence-electron chi connectivity index (χ1n) is 9.33. The van der Waals surface area contributed by atoms with Gasteiger partial charge in [0.15, 0.2) is 0 Å². The van der Waals surface area contributed by atoms with E-state index in [1.54, 1.807) is 0 Å². The smallest absolute Gasteiger partial charge is 0.0970 e. The molecule has 2 aliphatic rings. The Morgan fingerprint density at radius 1 is 0.958 bits per heavy atom. The number of H-pyrrole nitrogens is 1. The number of aromatic amines is 1. The van der Waals surface area contributed by atoms with E-state index in [0.29, 0.717) is 6.42 Å². The Hall–Kier alpha value is -1.80. The number of hydrogen-bond donors (Lipinski definition) is 2. The monoisotopic (exact) mass is 321 g/mol. The van der Waals surface area contributed by atoms with Gasteiger partial charge < -0.3 is 10.1 Å². The van der Waals surface area contributed by atoms with Gasteiger partial charge in [0, 0.05) is 23.7 Å². The number of rotatable bonds is 3. The van der Waals surface area contributed by atoms with E-state index in [0.717, 1.165) is 31.4 Å². The third-order valence-electron chi connectivity index (χ3n) is 6.32. The highest BCUT2D eigenvalue weighted by Gasteiger charge is 2.54. The number of aromatic nitrogens is 1. The summed E-state index contributed by atoms with van der Waals surface area (Å²) in [7, 11) is 0. The molecular weight excluding hydrogens is 294 g/mol. The van der Waals surface area contributed by atoms with Crippen LogP contribution in [-0.2, 0) is 6.42 Å². The van der Waals surface area contributed by atoms with Crippen molar-refractivity contribution in [1.29, 1.82) is 0 Å². The minimum absolute atomic E-state index is 0.0664. The highest BCUT2D eigenvalue weighted by molar-refractivity contribution is 5.56. The van der Waals surface area contributed by atoms with Crippen molar-refractivity contribution in [3.05, 3.63) is 65.5 Å². The van der Waals surface area contributed by atoms with Crippen molar-refractivity contribution < 1.29 is 5.11 Å². The summed E-state index contributed by atoms with van der Waals surface area (Å²) in [6.45, 7) is 0. The molecule has 2 aromatic rings. The quantitative estimate of drug-likeness (QED) is 0.809. The van der Waals surface area contributed by atoms with E-state index >= 15 is 0 Å². The van der Waals surface area contributed by atoms with Gasteiger partial charge in [0.25, 0.3) is 0 Å². The minimum atomic E-state index is -0.720. The van der Waals surface area contributed by atoms with Gasteiger partial charge in [-0.15, -0.1) is 0 Å². The van der Waals surface area contributed by atoms with E-state index in [1.807, 2.05) is 18.3 Å². The summed E-state index contributed by atoms with van der Waals surface area (Å²) in [5.41, 5.74) is 2.92. The molecule has 4 rings (SSSR count). The van der Waals surface area contributed by atoms with Gasteiger partial charge in [0.1, 0.15) is 0 Å². The van der Waals surface area contributed by atoms with E-state index in [2.05, 4.69) is 41.4 Å². The molecule has 0 amide bonds. The molecule has 0 aliphatic heterocycles. The molecule has 1 aromatic heterocycles. The maximum atomic E-state index is 12.0. The molecule has 0 saturated heterocycles. The maximum Gasteiger partial charge on any atom is 0.0970 e. The van der Waals surface area contributed by atoms with Gasteiger partial charge in [-0.05, 0) is 55.4 Å². The molecule has 2 N–H and O–H groups in total. The van der Waals surface area contributed by atoms with Gasteiger partial charge in [-0.25, -0.2) is 0 Å². The van der Waals surface area contributed by atoms with Crippen molar-refractivity contribution in [2.45, 2.75) is 57.0 Å². The van der Waals surface area contributed by atoms with Gasteiger partial charge in [0.2, 0.25) is 0 Å².